The molecule has 1 aromatic heterocycles. The predicted molar refractivity (Wildman–Crippen MR) is 99.6 cm³/mol. The van der Waals surface area contributed by atoms with Crippen LogP contribution in [0.15, 0.2) is 24.4 Å². The van der Waals surface area contributed by atoms with Gasteiger partial charge >= 0.3 is 0 Å². The molecule has 0 radical (unpaired) electrons. The molecule has 4 rings (SSSR count). The van der Waals surface area contributed by atoms with E-state index in [2.05, 4.69) is 15.2 Å². The van der Waals surface area contributed by atoms with Crippen molar-refractivity contribution in [1.29, 1.82) is 0 Å². The molecule has 1 N–H and O–H groups in total. The minimum absolute atomic E-state index is 0.0156. The molecule has 3 fully saturated rings. The number of nitrogens with zero attached hydrogens (tertiary/aromatic N) is 3. The van der Waals surface area contributed by atoms with Crippen molar-refractivity contribution in [3.8, 4) is 0 Å². The second-order valence-electron chi connectivity index (χ2n) is 8.00. The SMILES string of the molecule is O=C(N[C@H]1CCN(CC2CCCC2)C1)[C@@H]1CC(=O)N(c2ccccn2)C1. The third kappa shape index (κ3) is 3.90. The lowest BCUT2D eigenvalue weighted by molar-refractivity contribution is -0.126. The number of hydrogen-bond acceptors (Lipinski definition) is 4. The third-order valence-corrected chi connectivity index (χ3v) is 6.03. The van der Waals surface area contributed by atoms with Crippen LogP contribution in [0, 0.1) is 11.8 Å². The van der Waals surface area contributed by atoms with Crippen molar-refractivity contribution >= 4 is 17.6 Å². The molecule has 2 saturated heterocycles. The van der Waals surface area contributed by atoms with Gasteiger partial charge in [0.05, 0.1) is 5.92 Å². The van der Waals surface area contributed by atoms with Gasteiger partial charge in [-0.3, -0.25) is 14.5 Å². The Labute approximate surface area is 155 Å². The number of aromatic nitrogens is 1. The first-order valence-electron chi connectivity index (χ1n) is 9.93. The molecule has 2 atom stereocenters. The molecule has 1 aliphatic carbocycles. The molecule has 3 heterocycles. The Morgan fingerprint density at radius 2 is 2.04 bits per heavy atom. The van der Waals surface area contributed by atoms with Crippen molar-refractivity contribution in [2.45, 2.75) is 44.6 Å². The lowest BCUT2D eigenvalue weighted by atomic mass is 10.1. The van der Waals surface area contributed by atoms with Crippen LogP contribution in [0.4, 0.5) is 5.82 Å². The van der Waals surface area contributed by atoms with Gasteiger partial charge in [0.1, 0.15) is 5.82 Å². The fourth-order valence-corrected chi connectivity index (χ4v) is 4.61. The first kappa shape index (κ1) is 17.5. The van der Waals surface area contributed by atoms with Crippen LogP contribution < -0.4 is 10.2 Å². The zero-order valence-corrected chi connectivity index (χ0v) is 15.3. The number of amides is 2. The highest BCUT2D eigenvalue weighted by molar-refractivity contribution is 5.99. The molecule has 6 nitrogen and oxygen atoms in total. The fourth-order valence-electron chi connectivity index (χ4n) is 4.61. The minimum Gasteiger partial charge on any atom is -0.352 e. The molecule has 0 aromatic carbocycles. The Hall–Kier alpha value is -1.95. The lowest BCUT2D eigenvalue weighted by Gasteiger charge is -2.21. The fraction of sp³-hybridized carbons (Fsp3) is 0.650. The van der Waals surface area contributed by atoms with Crippen molar-refractivity contribution in [2.24, 2.45) is 11.8 Å². The Morgan fingerprint density at radius 1 is 1.19 bits per heavy atom. The third-order valence-electron chi connectivity index (χ3n) is 6.03. The summed E-state index contributed by atoms with van der Waals surface area (Å²) in [6.45, 7) is 3.64. The van der Waals surface area contributed by atoms with E-state index in [-0.39, 0.29) is 30.2 Å². The largest absolute Gasteiger partial charge is 0.352 e. The standard InChI is InChI=1S/C20H28N4O2/c25-19-11-16(13-24(19)18-7-3-4-9-21-18)20(26)22-17-8-10-23(14-17)12-15-5-1-2-6-15/h3-4,7,9,15-17H,1-2,5-6,8,10-14H2,(H,22,26)/t16-,17+/m1/s1. The van der Waals surface area contributed by atoms with Crippen LogP contribution in [0.2, 0.25) is 0 Å². The Bertz CT molecular complexity index is 644. The van der Waals surface area contributed by atoms with Crippen LogP contribution in [0.1, 0.15) is 38.5 Å². The minimum atomic E-state index is -0.270. The zero-order valence-electron chi connectivity index (χ0n) is 15.3. The molecule has 1 saturated carbocycles. The van der Waals surface area contributed by atoms with Gasteiger partial charge in [-0.25, -0.2) is 4.98 Å². The van der Waals surface area contributed by atoms with E-state index in [4.69, 9.17) is 0 Å². The van der Waals surface area contributed by atoms with Gasteiger partial charge in [-0.1, -0.05) is 18.9 Å². The maximum Gasteiger partial charge on any atom is 0.229 e. The van der Waals surface area contributed by atoms with Crippen LogP contribution >= 0.6 is 0 Å². The molecule has 0 spiro atoms. The first-order chi connectivity index (χ1) is 12.7. The van der Waals surface area contributed by atoms with Crippen LogP contribution in [0.3, 0.4) is 0 Å². The summed E-state index contributed by atoms with van der Waals surface area (Å²) in [4.78, 5) is 33.3. The average Bonchev–Trinajstić information content (AvgIpc) is 3.38. The summed E-state index contributed by atoms with van der Waals surface area (Å²) in [7, 11) is 0. The molecular weight excluding hydrogens is 328 g/mol. The topological polar surface area (TPSA) is 65.5 Å². The summed E-state index contributed by atoms with van der Waals surface area (Å²) in [5.74, 6) is 1.22. The molecule has 26 heavy (non-hydrogen) atoms. The second kappa shape index (κ2) is 7.74. The summed E-state index contributed by atoms with van der Waals surface area (Å²) < 4.78 is 0. The zero-order chi connectivity index (χ0) is 17.9. The number of rotatable bonds is 5. The van der Waals surface area contributed by atoms with Crippen LogP contribution in [0.5, 0.6) is 0 Å². The van der Waals surface area contributed by atoms with Gasteiger partial charge in [0.15, 0.2) is 0 Å². The van der Waals surface area contributed by atoms with Crippen molar-refractivity contribution in [3.05, 3.63) is 24.4 Å². The number of hydrogen-bond donors (Lipinski definition) is 1. The van der Waals surface area contributed by atoms with Gasteiger partial charge in [0, 0.05) is 44.8 Å². The van der Waals surface area contributed by atoms with Crippen molar-refractivity contribution in [1.82, 2.24) is 15.2 Å². The van der Waals surface area contributed by atoms with E-state index in [0.29, 0.717) is 12.4 Å². The summed E-state index contributed by atoms with van der Waals surface area (Å²) in [5.41, 5.74) is 0. The van der Waals surface area contributed by atoms with E-state index in [1.54, 1.807) is 11.1 Å². The average molecular weight is 356 g/mol. The van der Waals surface area contributed by atoms with Gasteiger partial charge < -0.3 is 10.2 Å². The molecular formula is C20H28N4O2. The van der Waals surface area contributed by atoms with Gasteiger partial charge in [-0.2, -0.15) is 0 Å². The summed E-state index contributed by atoms with van der Waals surface area (Å²) >= 11 is 0. The summed E-state index contributed by atoms with van der Waals surface area (Å²) in [6, 6.07) is 5.73. The molecule has 6 heteroatoms. The van der Waals surface area contributed by atoms with Crippen molar-refractivity contribution in [2.75, 3.05) is 31.1 Å². The number of nitrogens with one attached hydrogen (secondary N) is 1. The Morgan fingerprint density at radius 3 is 2.81 bits per heavy atom. The molecule has 1 aromatic rings. The smallest absolute Gasteiger partial charge is 0.229 e. The monoisotopic (exact) mass is 356 g/mol. The molecule has 2 aliphatic heterocycles. The molecule has 3 aliphatic rings. The highest BCUT2D eigenvalue weighted by Crippen LogP contribution is 2.27. The van der Waals surface area contributed by atoms with E-state index in [1.165, 1.54) is 32.2 Å². The number of anilines is 1. The molecule has 0 unspecified atom stereocenters. The Balaban J connectivity index is 1.27. The maximum absolute atomic E-state index is 12.6. The summed E-state index contributed by atoms with van der Waals surface area (Å²) in [5, 5.41) is 3.19. The summed E-state index contributed by atoms with van der Waals surface area (Å²) in [6.07, 6.45) is 8.45. The molecule has 0 bridgehead atoms. The Kier molecular flexibility index (Phi) is 5.20. The van der Waals surface area contributed by atoms with Gasteiger partial charge in [-0.05, 0) is 37.3 Å². The van der Waals surface area contributed by atoms with Crippen molar-refractivity contribution in [3.63, 3.8) is 0 Å². The van der Waals surface area contributed by atoms with Crippen LogP contribution in [0.25, 0.3) is 0 Å². The highest BCUT2D eigenvalue weighted by atomic mass is 16.2. The molecule has 140 valence electrons. The maximum atomic E-state index is 12.6. The molecule has 2 amide bonds. The first-order valence-corrected chi connectivity index (χ1v) is 9.93. The van der Waals surface area contributed by atoms with E-state index >= 15 is 0 Å². The lowest BCUT2D eigenvalue weighted by Crippen LogP contribution is -2.41. The van der Waals surface area contributed by atoms with Crippen molar-refractivity contribution < 1.29 is 9.59 Å². The van der Waals surface area contributed by atoms with Crippen LogP contribution in [-0.2, 0) is 9.59 Å². The number of pyridine rings is 1. The van der Waals surface area contributed by atoms with Gasteiger partial charge in [0.2, 0.25) is 11.8 Å². The van der Waals surface area contributed by atoms with E-state index < -0.39 is 0 Å². The number of likely N-dealkylation sites (tertiary alicyclic amines) is 1. The van der Waals surface area contributed by atoms with Crippen LogP contribution in [-0.4, -0.2) is 53.9 Å². The van der Waals surface area contributed by atoms with E-state index in [9.17, 15) is 9.59 Å². The number of carbonyl (C=O) groups is 2. The number of carbonyl (C=O) groups excluding carboxylic acids is 2. The normalized spacial score (nSPS) is 27.4. The van der Waals surface area contributed by atoms with Gasteiger partial charge in [-0.15, -0.1) is 0 Å². The van der Waals surface area contributed by atoms with E-state index in [1.807, 2.05) is 18.2 Å². The second-order valence-corrected chi connectivity index (χ2v) is 8.00. The quantitative estimate of drug-likeness (QED) is 0.874. The predicted octanol–water partition coefficient (Wildman–Crippen LogP) is 1.82. The van der Waals surface area contributed by atoms with Gasteiger partial charge in [0.25, 0.3) is 0 Å². The van der Waals surface area contributed by atoms with E-state index in [0.717, 1.165) is 25.4 Å². The highest BCUT2D eigenvalue weighted by Gasteiger charge is 2.37.